The highest BCUT2D eigenvalue weighted by Gasteiger charge is 2.34. The van der Waals surface area contributed by atoms with Crippen LogP contribution in [-0.4, -0.2) is 29.4 Å². The predicted molar refractivity (Wildman–Crippen MR) is 121 cm³/mol. The maximum Gasteiger partial charge on any atom is 0.329 e. The Hall–Kier alpha value is -3.12. The van der Waals surface area contributed by atoms with Crippen LogP contribution in [0.25, 0.3) is 11.6 Å². The van der Waals surface area contributed by atoms with Crippen LogP contribution in [0, 0.1) is 5.82 Å². The van der Waals surface area contributed by atoms with Crippen LogP contribution in [0.5, 0.6) is 0 Å². The zero-order valence-electron chi connectivity index (χ0n) is 17.8. The molecule has 2 aliphatic heterocycles. The number of nitrogens with one attached hydrogen (secondary N) is 1. The predicted octanol–water partition coefficient (Wildman–Crippen LogP) is 5.20. The summed E-state index contributed by atoms with van der Waals surface area (Å²) in [7, 11) is 2.01. The van der Waals surface area contributed by atoms with Gasteiger partial charge in [0, 0.05) is 28.9 Å². The maximum atomic E-state index is 14.0. The van der Waals surface area contributed by atoms with Crippen LogP contribution in [0.4, 0.5) is 14.9 Å². The molecular weight excluding hydrogens is 417 g/mol. The molecule has 0 aromatic heterocycles. The van der Waals surface area contributed by atoms with Crippen LogP contribution in [0.3, 0.4) is 0 Å². The summed E-state index contributed by atoms with van der Waals surface area (Å²) in [6.07, 6.45) is 3.75. The highest BCUT2D eigenvalue weighted by molar-refractivity contribution is 6.32. The summed E-state index contributed by atoms with van der Waals surface area (Å²) in [5.74, 6) is -0.986. The molecule has 2 aromatic rings. The lowest BCUT2D eigenvalue weighted by Crippen LogP contribution is -2.42. The Kier molecular flexibility index (Phi) is 5.13. The highest BCUT2D eigenvalue weighted by Crippen LogP contribution is 2.41. The lowest BCUT2D eigenvalue weighted by molar-refractivity contribution is -0.123. The summed E-state index contributed by atoms with van der Waals surface area (Å²) in [6.45, 7) is 6.14. The first-order valence-electron chi connectivity index (χ1n) is 9.93. The second-order valence-electron chi connectivity index (χ2n) is 8.40. The fourth-order valence-corrected chi connectivity index (χ4v) is 4.18. The molecule has 160 valence electrons. The average Bonchev–Trinajstić information content (AvgIpc) is 2.96. The van der Waals surface area contributed by atoms with Crippen molar-refractivity contribution in [3.8, 4) is 0 Å². The van der Waals surface area contributed by atoms with E-state index in [1.54, 1.807) is 24.3 Å². The molecule has 0 radical (unpaired) electrons. The Bertz CT molecular complexity index is 1170. The number of benzene rings is 2. The third-order valence-corrected chi connectivity index (χ3v) is 6.21. The molecule has 3 amide bonds. The molecule has 4 rings (SSSR count). The lowest BCUT2D eigenvalue weighted by Gasteiger charge is -2.40. The standard InChI is InChI=1S/C24H23ClFN3O2/c1-14-12-24(2,3)28(4)21-11-18(25)16(9-17(14)21)10-20-22(30)29(23(31)27-20)13-15-7-5-6-8-19(15)26/h5-12H,13H2,1-4H3,(H,27,31)/b20-10-. The number of nitrogens with zero attached hydrogens (tertiary/aromatic N) is 2. The van der Waals surface area contributed by atoms with E-state index >= 15 is 0 Å². The Morgan fingerprint density at radius 3 is 2.61 bits per heavy atom. The summed E-state index contributed by atoms with van der Waals surface area (Å²) in [5, 5.41) is 3.05. The third-order valence-electron chi connectivity index (χ3n) is 5.88. The Morgan fingerprint density at radius 1 is 1.19 bits per heavy atom. The first-order valence-corrected chi connectivity index (χ1v) is 10.3. The molecule has 2 heterocycles. The lowest BCUT2D eigenvalue weighted by atomic mass is 9.88. The normalized spacial score (nSPS) is 18.9. The molecule has 0 bridgehead atoms. The van der Waals surface area contributed by atoms with E-state index in [1.807, 2.05) is 26.1 Å². The van der Waals surface area contributed by atoms with E-state index in [0.29, 0.717) is 10.6 Å². The van der Waals surface area contributed by atoms with Gasteiger partial charge in [-0.05, 0) is 56.2 Å². The van der Waals surface area contributed by atoms with E-state index < -0.39 is 17.8 Å². The van der Waals surface area contributed by atoms with Gasteiger partial charge in [0.15, 0.2) is 0 Å². The molecule has 0 aliphatic carbocycles. The molecule has 2 aliphatic rings. The molecular formula is C24H23ClFN3O2. The minimum Gasteiger partial charge on any atom is -0.365 e. The number of halogens is 2. The number of hydrogen-bond acceptors (Lipinski definition) is 3. The monoisotopic (exact) mass is 439 g/mol. The van der Waals surface area contributed by atoms with Crippen LogP contribution < -0.4 is 10.2 Å². The van der Waals surface area contributed by atoms with E-state index in [0.717, 1.165) is 21.7 Å². The van der Waals surface area contributed by atoms with Crippen molar-refractivity contribution >= 4 is 40.9 Å². The van der Waals surface area contributed by atoms with Crippen LogP contribution in [0.1, 0.15) is 37.5 Å². The van der Waals surface area contributed by atoms with Gasteiger partial charge in [-0.1, -0.05) is 35.9 Å². The second kappa shape index (κ2) is 7.54. The zero-order valence-corrected chi connectivity index (χ0v) is 18.5. The number of likely N-dealkylation sites (N-methyl/N-ethyl adjacent to an activating group) is 1. The van der Waals surface area contributed by atoms with Crippen LogP contribution in [-0.2, 0) is 11.3 Å². The van der Waals surface area contributed by atoms with Crippen molar-refractivity contribution in [2.75, 3.05) is 11.9 Å². The summed E-state index contributed by atoms with van der Waals surface area (Å²) in [6, 6.07) is 9.27. The number of allylic oxidation sites excluding steroid dienone is 1. The number of hydrogen-bond donors (Lipinski definition) is 1. The van der Waals surface area contributed by atoms with E-state index in [1.165, 1.54) is 6.07 Å². The second-order valence-corrected chi connectivity index (χ2v) is 8.81. The van der Waals surface area contributed by atoms with Gasteiger partial charge in [-0.2, -0.15) is 0 Å². The first-order chi connectivity index (χ1) is 14.6. The van der Waals surface area contributed by atoms with Gasteiger partial charge in [0.2, 0.25) is 0 Å². The fraction of sp³-hybridized carbons (Fsp3) is 0.250. The van der Waals surface area contributed by atoms with E-state index in [9.17, 15) is 14.0 Å². The average molecular weight is 440 g/mol. The molecule has 0 unspecified atom stereocenters. The van der Waals surface area contributed by atoms with Gasteiger partial charge in [0.05, 0.1) is 12.1 Å². The van der Waals surface area contributed by atoms with Gasteiger partial charge in [-0.15, -0.1) is 0 Å². The maximum absolute atomic E-state index is 14.0. The van der Waals surface area contributed by atoms with Crippen LogP contribution >= 0.6 is 11.6 Å². The number of carbonyl (C=O) groups excluding carboxylic acids is 2. The Labute approximate surface area is 185 Å². The van der Waals surface area contributed by atoms with Crippen molar-refractivity contribution in [3.63, 3.8) is 0 Å². The van der Waals surface area contributed by atoms with E-state index in [4.69, 9.17) is 11.6 Å². The number of anilines is 1. The number of rotatable bonds is 3. The van der Waals surface area contributed by atoms with Gasteiger partial charge in [0.1, 0.15) is 11.5 Å². The van der Waals surface area contributed by atoms with Crippen molar-refractivity contribution in [1.82, 2.24) is 10.2 Å². The number of carbonyl (C=O) groups is 2. The topological polar surface area (TPSA) is 52.7 Å². The van der Waals surface area contributed by atoms with Crippen molar-refractivity contribution in [3.05, 3.63) is 75.7 Å². The number of urea groups is 1. The minimum absolute atomic E-state index is 0.106. The molecule has 1 fully saturated rings. The molecule has 2 aromatic carbocycles. The first kappa shape index (κ1) is 21.1. The summed E-state index contributed by atoms with van der Waals surface area (Å²) in [5.41, 5.74) is 3.97. The molecule has 1 N–H and O–H groups in total. The number of amides is 3. The van der Waals surface area contributed by atoms with Gasteiger partial charge in [-0.3, -0.25) is 9.69 Å². The zero-order chi connectivity index (χ0) is 22.5. The van der Waals surface area contributed by atoms with E-state index in [-0.39, 0.29) is 23.3 Å². The smallest absolute Gasteiger partial charge is 0.329 e. The number of fused-ring (bicyclic) bond motifs is 1. The SMILES string of the molecule is CC1=CC(C)(C)N(C)c2cc(Cl)c(/C=C3\NC(=O)N(Cc4ccccc4F)C3=O)cc21. The largest absolute Gasteiger partial charge is 0.365 e. The molecule has 7 heteroatoms. The van der Waals surface area contributed by atoms with Gasteiger partial charge >= 0.3 is 6.03 Å². The van der Waals surface area contributed by atoms with Crippen LogP contribution in [0.15, 0.2) is 48.2 Å². The molecule has 5 nitrogen and oxygen atoms in total. The van der Waals surface area contributed by atoms with E-state index in [2.05, 4.69) is 30.1 Å². The van der Waals surface area contributed by atoms with Gasteiger partial charge in [0.25, 0.3) is 5.91 Å². The summed E-state index contributed by atoms with van der Waals surface area (Å²) in [4.78, 5) is 28.3. The van der Waals surface area contributed by atoms with Crippen molar-refractivity contribution < 1.29 is 14.0 Å². The van der Waals surface area contributed by atoms with Crippen molar-refractivity contribution in [1.29, 1.82) is 0 Å². The molecule has 31 heavy (non-hydrogen) atoms. The van der Waals surface area contributed by atoms with Crippen molar-refractivity contribution in [2.45, 2.75) is 32.9 Å². The van der Waals surface area contributed by atoms with Gasteiger partial charge < -0.3 is 10.2 Å². The summed E-state index contributed by atoms with van der Waals surface area (Å²) >= 11 is 6.54. The quantitative estimate of drug-likeness (QED) is 0.528. The van der Waals surface area contributed by atoms with Gasteiger partial charge in [-0.25, -0.2) is 9.18 Å². The molecule has 1 saturated heterocycles. The summed E-state index contributed by atoms with van der Waals surface area (Å²) < 4.78 is 14.0. The fourth-order valence-electron chi connectivity index (χ4n) is 3.97. The van der Waals surface area contributed by atoms with Crippen LogP contribution in [0.2, 0.25) is 5.02 Å². The Balaban J connectivity index is 1.67. The number of imide groups is 1. The molecule has 0 atom stereocenters. The highest BCUT2D eigenvalue weighted by atomic mass is 35.5. The third kappa shape index (κ3) is 3.72. The minimum atomic E-state index is -0.592. The Morgan fingerprint density at radius 2 is 1.90 bits per heavy atom. The van der Waals surface area contributed by atoms with Crippen molar-refractivity contribution in [2.24, 2.45) is 0 Å². The molecule has 0 spiro atoms. The molecule has 0 saturated carbocycles.